The standard InChI is InChI=1S/C19H14Br2O/c20-17-10-16(11-18(21)12-17)15-6-8-19(9-7-15)22-13-14-4-2-1-3-5-14/h1-12H,13H2. The van der Waals surface area contributed by atoms with Crippen LogP contribution < -0.4 is 4.74 Å². The molecule has 0 unspecified atom stereocenters. The molecule has 0 radical (unpaired) electrons. The highest BCUT2D eigenvalue weighted by atomic mass is 79.9. The summed E-state index contributed by atoms with van der Waals surface area (Å²) < 4.78 is 7.93. The molecule has 22 heavy (non-hydrogen) atoms. The summed E-state index contributed by atoms with van der Waals surface area (Å²) in [6, 6.07) is 24.6. The Morgan fingerprint density at radius 1 is 0.682 bits per heavy atom. The molecule has 0 heterocycles. The monoisotopic (exact) mass is 416 g/mol. The fourth-order valence-corrected chi connectivity index (χ4v) is 3.50. The highest BCUT2D eigenvalue weighted by molar-refractivity contribution is 9.11. The number of halogens is 2. The summed E-state index contributed by atoms with van der Waals surface area (Å²) in [5, 5.41) is 0. The summed E-state index contributed by atoms with van der Waals surface area (Å²) in [4.78, 5) is 0. The van der Waals surface area contributed by atoms with Gasteiger partial charge in [0.2, 0.25) is 0 Å². The van der Waals surface area contributed by atoms with Gasteiger partial charge < -0.3 is 4.74 Å². The van der Waals surface area contributed by atoms with Gasteiger partial charge in [-0.15, -0.1) is 0 Å². The second-order valence-corrected chi connectivity index (χ2v) is 6.79. The van der Waals surface area contributed by atoms with Gasteiger partial charge in [0.05, 0.1) is 0 Å². The summed E-state index contributed by atoms with van der Waals surface area (Å²) in [7, 11) is 0. The maximum Gasteiger partial charge on any atom is 0.119 e. The van der Waals surface area contributed by atoms with Crippen molar-refractivity contribution < 1.29 is 4.74 Å². The van der Waals surface area contributed by atoms with E-state index in [1.165, 1.54) is 5.56 Å². The van der Waals surface area contributed by atoms with E-state index >= 15 is 0 Å². The van der Waals surface area contributed by atoms with E-state index in [1.807, 2.05) is 36.4 Å². The van der Waals surface area contributed by atoms with Gasteiger partial charge in [-0.05, 0) is 47.0 Å². The topological polar surface area (TPSA) is 9.23 Å². The van der Waals surface area contributed by atoms with Gasteiger partial charge in [-0.1, -0.05) is 74.3 Å². The first-order valence-electron chi connectivity index (χ1n) is 6.94. The average molecular weight is 418 g/mol. The molecule has 0 aliphatic carbocycles. The van der Waals surface area contributed by atoms with Crippen molar-refractivity contribution in [3.8, 4) is 16.9 Å². The van der Waals surface area contributed by atoms with Crippen molar-refractivity contribution in [1.29, 1.82) is 0 Å². The Bertz CT molecular complexity index is 732. The molecule has 110 valence electrons. The molecular weight excluding hydrogens is 404 g/mol. The summed E-state index contributed by atoms with van der Waals surface area (Å²) in [5.41, 5.74) is 3.49. The van der Waals surface area contributed by atoms with E-state index < -0.39 is 0 Å². The lowest BCUT2D eigenvalue weighted by atomic mass is 10.1. The Morgan fingerprint density at radius 3 is 1.95 bits per heavy atom. The zero-order chi connectivity index (χ0) is 15.4. The molecule has 0 saturated carbocycles. The van der Waals surface area contributed by atoms with Gasteiger partial charge in [-0.2, -0.15) is 0 Å². The second kappa shape index (κ2) is 7.12. The molecule has 0 amide bonds. The maximum absolute atomic E-state index is 5.81. The van der Waals surface area contributed by atoms with Crippen LogP contribution in [0.4, 0.5) is 0 Å². The van der Waals surface area contributed by atoms with Crippen molar-refractivity contribution in [2.75, 3.05) is 0 Å². The van der Waals surface area contributed by atoms with Crippen LogP contribution in [0.25, 0.3) is 11.1 Å². The highest BCUT2D eigenvalue weighted by Gasteiger charge is 2.02. The van der Waals surface area contributed by atoms with Crippen LogP contribution in [0.1, 0.15) is 5.56 Å². The third-order valence-corrected chi connectivity index (χ3v) is 4.21. The first-order chi connectivity index (χ1) is 10.7. The lowest BCUT2D eigenvalue weighted by molar-refractivity contribution is 0.306. The molecule has 0 spiro atoms. The summed E-state index contributed by atoms with van der Waals surface area (Å²) in [5.74, 6) is 0.877. The lowest BCUT2D eigenvalue weighted by Crippen LogP contribution is -1.94. The third kappa shape index (κ3) is 3.99. The summed E-state index contributed by atoms with van der Waals surface area (Å²) in [6.45, 7) is 0.586. The van der Waals surface area contributed by atoms with Gasteiger partial charge in [0.1, 0.15) is 12.4 Å². The van der Waals surface area contributed by atoms with Crippen LogP contribution in [0.2, 0.25) is 0 Å². The van der Waals surface area contributed by atoms with Crippen molar-refractivity contribution in [1.82, 2.24) is 0 Å². The van der Waals surface area contributed by atoms with Crippen molar-refractivity contribution in [2.24, 2.45) is 0 Å². The van der Waals surface area contributed by atoms with Crippen molar-refractivity contribution in [3.05, 3.63) is 87.3 Å². The molecule has 3 aromatic rings. The minimum atomic E-state index is 0.586. The molecule has 3 aromatic carbocycles. The molecule has 0 aliphatic heterocycles. The minimum absolute atomic E-state index is 0.586. The number of ether oxygens (including phenoxy) is 1. The number of hydrogen-bond acceptors (Lipinski definition) is 1. The van der Waals surface area contributed by atoms with E-state index in [2.05, 4.69) is 68.3 Å². The molecule has 0 aromatic heterocycles. The quantitative estimate of drug-likeness (QED) is 0.473. The molecule has 0 atom stereocenters. The lowest BCUT2D eigenvalue weighted by Gasteiger charge is -2.08. The van der Waals surface area contributed by atoms with Crippen molar-refractivity contribution >= 4 is 31.9 Å². The van der Waals surface area contributed by atoms with Crippen LogP contribution >= 0.6 is 31.9 Å². The highest BCUT2D eigenvalue weighted by Crippen LogP contribution is 2.29. The molecule has 1 nitrogen and oxygen atoms in total. The van der Waals surface area contributed by atoms with Gasteiger partial charge in [-0.3, -0.25) is 0 Å². The fraction of sp³-hybridized carbons (Fsp3) is 0.0526. The first kappa shape index (κ1) is 15.3. The van der Waals surface area contributed by atoms with Gasteiger partial charge >= 0.3 is 0 Å². The average Bonchev–Trinajstić information content (AvgIpc) is 2.53. The number of rotatable bonds is 4. The van der Waals surface area contributed by atoms with Crippen LogP contribution in [-0.4, -0.2) is 0 Å². The van der Waals surface area contributed by atoms with Gasteiger partial charge in [0.25, 0.3) is 0 Å². The third-order valence-electron chi connectivity index (χ3n) is 3.30. The van der Waals surface area contributed by atoms with Gasteiger partial charge in [0, 0.05) is 8.95 Å². The Hall–Kier alpha value is -1.58. The minimum Gasteiger partial charge on any atom is -0.489 e. The SMILES string of the molecule is Brc1cc(Br)cc(-c2ccc(OCc3ccccc3)cc2)c1. The molecule has 0 N–H and O–H groups in total. The van der Waals surface area contributed by atoms with Crippen LogP contribution in [0.3, 0.4) is 0 Å². The Balaban J connectivity index is 1.72. The molecular formula is C19H14Br2O. The second-order valence-electron chi connectivity index (χ2n) is 4.96. The van der Waals surface area contributed by atoms with E-state index in [9.17, 15) is 0 Å². The van der Waals surface area contributed by atoms with Crippen LogP contribution in [-0.2, 0) is 6.61 Å². The zero-order valence-corrected chi connectivity index (χ0v) is 15.0. The number of hydrogen-bond donors (Lipinski definition) is 0. The van der Waals surface area contributed by atoms with E-state index in [1.54, 1.807) is 0 Å². The van der Waals surface area contributed by atoms with Crippen molar-refractivity contribution in [2.45, 2.75) is 6.61 Å². The van der Waals surface area contributed by atoms with Gasteiger partial charge in [-0.25, -0.2) is 0 Å². The molecule has 0 bridgehead atoms. The van der Waals surface area contributed by atoms with E-state index in [-0.39, 0.29) is 0 Å². The molecule has 3 heteroatoms. The van der Waals surface area contributed by atoms with Crippen LogP contribution in [0, 0.1) is 0 Å². The molecule has 0 fully saturated rings. The molecule has 0 aliphatic rings. The van der Waals surface area contributed by atoms with Gasteiger partial charge in [0.15, 0.2) is 0 Å². The van der Waals surface area contributed by atoms with Crippen LogP contribution in [0.5, 0.6) is 5.75 Å². The first-order valence-corrected chi connectivity index (χ1v) is 8.52. The summed E-state index contributed by atoms with van der Waals surface area (Å²) >= 11 is 7.04. The van der Waals surface area contributed by atoms with E-state index in [0.717, 1.165) is 25.8 Å². The largest absolute Gasteiger partial charge is 0.489 e. The number of benzene rings is 3. The normalized spacial score (nSPS) is 10.5. The Morgan fingerprint density at radius 2 is 1.32 bits per heavy atom. The zero-order valence-electron chi connectivity index (χ0n) is 11.8. The Labute approximate surface area is 147 Å². The smallest absolute Gasteiger partial charge is 0.119 e. The molecule has 0 saturated heterocycles. The fourth-order valence-electron chi connectivity index (χ4n) is 2.21. The maximum atomic E-state index is 5.81. The van der Waals surface area contributed by atoms with Crippen LogP contribution in [0.15, 0.2) is 81.7 Å². The predicted octanol–water partition coefficient (Wildman–Crippen LogP) is 6.46. The van der Waals surface area contributed by atoms with Crippen molar-refractivity contribution in [3.63, 3.8) is 0 Å². The van der Waals surface area contributed by atoms with E-state index in [4.69, 9.17) is 4.74 Å². The predicted molar refractivity (Wildman–Crippen MR) is 98.1 cm³/mol. The summed E-state index contributed by atoms with van der Waals surface area (Å²) in [6.07, 6.45) is 0. The van der Waals surface area contributed by atoms with E-state index in [0.29, 0.717) is 6.61 Å². The Kier molecular flexibility index (Phi) is 4.96. The molecule has 3 rings (SSSR count).